The van der Waals surface area contributed by atoms with Gasteiger partial charge in [0.2, 0.25) is 5.91 Å². The van der Waals surface area contributed by atoms with E-state index in [1.54, 1.807) is 0 Å². The zero-order valence-corrected chi connectivity index (χ0v) is 9.67. The van der Waals surface area contributed by atoms with Crippen molar-refractivity contribution in [2.24, 2.45) is 0 Å². The number of alkyl halides is 1. The van der Waals surface area contributed by atoms with Crippen LogP contribution in [0.5, 0.6) is 0 Å². The Hall–Kier alpha value is -0.0900. The lowest BCUT2D eigenvalue weighted by Gasteiger charge is -2.35. The Balaban J connectivity index is 2.66. The van der Waals surface area contributed by atoms with Gasteiger partial charge in [0.05, 0.1) is 4.83 Å². The Morgan fingerprint density at radius 3 is 2.69 bits per heavy atom. The fourth-order valence-electron chi connectivity index (χ4n) is 1.65. The average Bonchev–Trinajstić information content (AvgIpc) is 2.33. The molecule has 0 aliphatic carbocycles. The van der Waals surface area contributed by atoms with Crippen LogP contribution < -0.4 is 0 Å². The minimum absolute atomic E-state index is 0.0227. The zero-order chi connectivity index (χ0) is 10.1. The van der Waals surface area contributed by atoms with Crippen LogP contribution in [0.3, 0.4) is 0 Å². The molecule has 1 fully saturated rings. The lowest BCUT2D eigenvalue weighted by atomic mass is 9.99. The van der Waals surface area contributed by atoms with Gasteiger partial charge in [0, 0.05) is 18.7 Å². The van der Waals surface area contributed by atoms with Gasteiger partial charge in [-0.05, 0) is 26.7 Å². The summed E-state index contributed by atoms with van der Waals surface area (Å²) in [4.78, 5) is 13.5. The third-order valence-electron chi connectivity index (χ3n) is 2.59. The number of aliphatic hydroxyl groups excluding tert-OH is 1. The van der Waals surface area contributed by atoms with Crippen molar-refractivity contribution in [3.8, 4) is 0 Å². The van der Waals surface area contributed by atoms with Crippen LogP contribution in [0, 0.1) is 0 Å². The number of carbonyl (C=O) groups excluding carboxylic acids is 1. The summed E-state index contributed by atoms with van der Waals surface area (Å²) in [7, 11) is 0. The van der Waals surface area contributed by atoms with Gasteiger partial charge in [-0.1, -0.05) is 15.9 Å². The van der Waals surface area contributed by atoms with Crippen LogP contribution in [0.1, 0.15) is 26.7 Å². The molecular formula is C9H16BrNO2. The van der Waals surface area contributed by atoms with E-state index >= 15 is 0 Å². The topological polar surface area (TPSA) is 40.5 Å². The summed E-state index contributed by atoms with van der Waals surface area (Å²) >= 11 is 3.33. The van der Waals surface area contributed by atoms with Gasteiger partial charge in [-0.15, -0.1) is 0 Å². The van der Waals surface area contributed by atoms with E-state index in [4.69, 9.17) is 5.11 Å². The molecule has 1 heterocycles. The molecular weight excluding hydrogens is 234 g/mol. The van der Waals surface area contributed by atoms with Gasteiger partial charge in [0.1, 0.15) is 0 Å². The second-order valence-electron chi connectivity index (χ2n) is 4.03. The van der Waals surface area contributed by atoms with Gasteiger partial charge in [0.15, 0.2) is 0 Å². The van der Waals surface area contributed by atoms with E-state index in [1.165, 1.54) is 0 Å². The summed E-state index contributed by atoms with van der Waals surface area (Å²) in [5.41, 5.74) is -0.214. The normalized spacial score (nSPS) is 24.2. The van der Waals surface area contributed by atoms with E-state index in [-0.39, 0.29) is 22.9 Å². The number of halogens is 1. The molecule has 0 bridgehead atoms. The number of likely N-dealkylation sites (tertiary alicyclic amines) is 1. The molecule has 4 heteroatoms. The third-order valence-corrected chi connectivity index (χ3v) is 3.44. The molecule has 1 aliphatic heterocycles. The van der Waals surface area contributed by atoms with Crippen molar-refractivity contribution in [2.45, 2.75) is 37.1 Å². The van der Waals surface area contributed by atoms with Crippen molar-refractivity contribution in [2.75, 3.05) is 13.2 Å². The summed E-state index contributed by atoms with van der Waals surface area (Å²) in [6.45, 7) is 4.91. The highest BCUT2D eigenvalue weighted by Crippen LogP contribution is 2.28. The summed E-state index contributed by atoms with van der Waals surface area (Å²) in [6, 6.07) is 0. The molecule has 1 N–H and O–H groups in total. The first kappa shape index (κ1) is 11.0. The number of nitrogens with zero attached hydrogens (tertiary/aromatic N) is 1. The van der Waals surface area contributed by atoms with E-state index in [1.807, 2.05) is 18.7 Å². The maximum atomic E-state index is 11.6. The molecule has 1 rings (SSSR count). The van der Waals surface area contributed by atoms with Crippen LogP contribution in [-0.4, -0.2) is 39.4 Å². The predicted molar refractivity (Wildman–Crippen MR) is 54.8 cm³/mol. The molecule has 0 radical (unpaired) electrons. The molecule has 1 atom stereocenters. The molecule has 3 nitrogen and oxygen atoms in total. The van der Waals surface area contributed by atoms with E-state index in [0.29, 0.717) is 6.42 Å². The van der Waals surface area contributed by atoms with Crippen LogP contribution in [-0.2, 0) is 4.79 Å². The highest BCUT2D eigenvalue weighted by molar-refractivity contribution is 9.10. The second kappa shape index (κ2) is 3.96. The molecule has 1 aliphatic rings. The number of amides is 1. The molecule has 1 amide bonds. The number of aliphatic hydroxyl groups is 1. The van der Waals surface area contributed by atoms with Gasteiger partial charge in [-0.25, -0.2) is 0 Å². The van der Waals surface area contributed by atoms with Crippen LogP contribution in [0.15, 0.2) is 0 Å². The van der Waals surface area contributed by atoms with Crippen molar-refractivity contribution in [1.29, 1.82) is 0 Å². The maximum absolute atomic E-state index is 11.6. The van der Waals surface area contributed by atoms with Gasteiger partial charge >= 0.3 is 0 Å². The first-order valence-corrected chi connectivity index (χ1v) is 5.47. The number of hydrogen-bond donors (Lipinski definition) is 1. The average molecular weight is 250 g/mol. The predicted octanol–water partition coefficient (Wildman–Crippen LogP) is 1.14. The Bertz CT molecular complexity index is 206. The van der Waals surface area contributed by atoms with Gasteiger partial charge < -0.3 is 10.0 Å². The third kappa shape index (κ3) is 2.23. The minimum Gasteiger partial charge on any atom is -0.396 e. The van der Waals surface area contributed by atoms with Gasteiger partial charge in [-0.3, -0.25) is 4.79 Å². The first-order valence-electron chi connectivity index (χ1n) is 4.55. The largest absolute Gasteiger partial charge is 0.396 e. The zero-order valence-electron chi connectivity index (χ0n) is 8.09. The highest BCUT2D eigenvalue weighted by Gasteiger charge is 2.38. The molecule has 0 aromatic heterocycles. The summed E-state index contributed by atoms with van der Waals surface area (Å²) in [6.07, 6.45) is 1.51. The minimum atomic E-state index is -0.214. The van der Waals surface area contributed by atoms with Crippen molar-refractivity contribution in [3.63, 3.8) is 0 Å². The fourth-order valence-corrected chi connectivity index (χ4v) is 2.11. The van der Waals surface area contributed by atoms with Crippen LogP contribution in [0.25, 0.3) is 0 Å². The molecule has 1 saturated heterocycles. The Kier molecular flexibility index (Phi) is 3.35. The summed E-state index contributed by atoms with van der Waals surface area (Å²) < 4.78 is 0. The smallest absolute Gasteiger partial charge is 0.236 e. The van der Waals surface area contributed by atoms with Crippen molar-refractivity contribution >= 4 is 21.8 Å². The van der Waals surface area contributed by atoms with Gasteiger partial charge in [-0.2, -0.15) is 0 Å². The highest BCUT2D eigenvalue weighted by atomic mass is 79.9. The molecule has 13 heavy (non-hydrogen) atoms. The van der Waals surface area contributed by atoms with Crippen molar-refractivity contribution in [1.82, 2.24) is 4.90 Å². The van der Waals surface area contributed by atoms with E-state index in [0.717, 1.165) is 13.0 Å². The monoisotopic (exact) mass is 249 g/mol. The van der Waals surface area contributed by atoms with Crippen molar-refractivity contribution in [3.05, 3.63) is 0 Å². The quantitative estimate of drug-likeness (QED) is 0.763. The number of rotatable bonds is 3. The fraction of sp³-hybridized carbons (Fsp3) is 0.889. The second-order valence-corrected chi connectivity index (χ2v) is 5.14. The molecule has 76 valence electrons. The van der Waals surface area contributed by atoms with Gasteiger partial charge in [0.25, 0.3) is 0 Å². The Labute approximate surface area is 87.2 Å². The summed E-state index contributed by atoms with van der Waals surface area (Å²) in [5, 5.41) is 8.86. The molecule has 0 aromatic carbocycles. The summed E-state index contributed by atoms with van der Waals surface area (Å²) in [5.74, 6) is 0.151. The standard InChI is InChI=1S/C9H16BrNO2/c1-9(2,4-6-12)11-5-3-7(10)8(11)13/h7,12H,3-6H2,1-2H3. The molecule has 0 aromatic rings. The van der Waals surface area contributed by atoms with Crippen LogP contribution in [0.4, 0.5) is 0 Å². The lowest BCUT2D eigenvalue weighted by Crippen LogP contribution is -2.46. The van der Waals surface area contributed by atoms with Crippen LogP contribution >= 0.6 is 15.9 Å². The van der Waals surface area contributed by atoms with E-state index in [2.05, 4.69) is 15.9 Å². The Morgan fingerprint density at radius 1 is 1.69 bits per heavy atom. The first-order chi connectivity index (χ1) is 5.99. The van der Waals surface area contributed by atoms with E-state index < -0.39 is 0 Å². The Morgan fingerprint density at radius 2 is 2.31 bits per heavy atom. The lowest BCUT2D eigenvalue weighted by molar-refractivity contribution is -0.132. The van der Waals surface area contributed by atoms with Crippen LogP contribution in [0.2, 0.25) is 0 Å². The molecule has 0 saturated carbocycles. The SMILES string of the molecule is CC(C)(CCO)N1CCC(Br)C1=O. The molecule has 0 spiro atoms. The molecule has 1 unspecified atom stereocenters. The maximum Gasteiger partial charge on any atom is 0.236 e. The number of carbonyl (C=O) groups is 1. The number of hydrogen-bond acceptors (Lipinski definition) is 2. The van der Waals surface area contributed by atoms with E-state index in [9.17, 15) is 4.79 Å². The van der Waals surface area contributed by atoms with Crippen molar-refractivity contribution < 1.29 is 9.90 Å².